The Morgan fingerprint density at radius 2 is 1.24 bits per heavy atom. The van der Waals surface area contributed by atoms with Crippen molar-refractivity contribution in [1.29, 1.82) is 0 Å². The molecule has 0 bridgehead atoms. The lowest BCUT2D eigenvalue weighted by molar-refractivity contribution is -0.121. The summed E-state index contributed by atoms with van der Waals surface area (Å²) in [7, 11) is 0. The van der Waals surface area contributed by atoms with E-state index in [0.717, 1.165) is 16.5 Å². The van der Waals surface area contributed by atoms with Crippen molar-refractivity contribution in [2.45, 2.75) is 17.3 Å². The molecule has 33 heavy (non-hydrogen) atoms. The molecular weight excluding hydrogens is 477 g/mol. The molecule has 4 nitrogen and oxygen atoms in total. The van der Waals surface area contributed by atoms with E-state index in [1.807, 2.05) is 91.0 Å². The predicted octanol–water partition coefficient (Wildman–Crippen LogP) is 3.91. The molecule has 1 amide bonds. The molecule has 0 aliphatic heterocycles. The minimum Gasteiger partial charge on any atom is -0.419 e. The number of ketones is 1. The summed E-state index contributed by atoms with van der Waals surface area (Å²) in [6, 6.07) is 28.4. The van der Waals surface area contributed by atoms with Crippen LogP contribution in [0.2, 0.25) is 0 Å². The normalized spacial score (nSPS) is 11.9. The van der Waals surface area contributed by atoms with Gasteiger partial charge in [-0.05, 0) is 12.5 Å². The van der Waals surface area contributed by atoms with Gasteiger partial charge in [-0.25, -0.2) is 0 Å². The van der Waals surface area contributed by atoms with Crippen molar-refractivity contribution in [3.8, 4) is 0 Å². The van der Waals surface area contributed by atoms with Gasteiger partial charge in [-0.2, -0.15) is 0 Å². The zero-order valence-corrected chi connectivity index (χ0v) is 20.2. The molecule has 0 saturated heterocycles. The summed E-state index contributed by atoms with van der Waals surface area (Å²) in [6.07, 6.45) is 0. The Labute approximate surface area is 209 Å². The molecule has 0 radical (unpaired) electrons. The number of rotatable bonds is 8. The Morgan fingerprint density at radius 3 is 1.67 bits per heavy atom. The minimum absolute atomic E-state index is 0.0803. The number of amides is 1. The minimum atomic E-state index is -2.05. The molecule has 3 aromatic carbocycles. The monoisotopic (exact) mass is 498 g/mol. The second-order valence-electron chi connectivity index (χ2n) is 7.37. The van der Waals surface area contributed by atoms with Gasteiger partial charge in [-0.1, -0.05) is 137 Å². The van der Waals surface area contributed by atoms with E-state index >= 15 is 0 Å². The van der Waals surface area contributed by atoms with Crippen LogP contribution in [0.4, 0.5) is 0 Å². The highest BCUT2D eigenvalue weighted by atomic mass is 35.6. The molecule has 0 atom stereocenters. The van der Waals surface area contributed by atoms with Crippen LogP contribution < -0.4 is 21.5 Å². The zero-order chi connectivity index (χ0) is 23.8. The largest absolute Gasteiger partial charge is 0.419 e. The lowest BCUT2D eigenvalue weighted by atomic mass is 9.50. The first kappa shape index (κ1) is 24.9. The first-order chi connectivity index (χ1) is 15.8. The maximum atomic E-state index is 13.1. The number of carbonyl (C=O) groups excluding carboxylic acids is 2. The van der Waals surface area contributed by atoms with Crippen LogP contribution in [0.5, 0.6) is 0 Å². The highest BCUT2D eigenvalue weighted by molar-refractivity contribution is 6.84. The Bertz CT molecular complexity index is 1080. The third-order valence-electron chi connectivity index (χ3n) is 4.96. The number of carbonyl (C=O) groups is 2. The highest BCUT2D eigenvalue weighted by Gasteiger charge is 2.36. The quantitative estimate of drug-likeness (QED) is 0.162. The fraction of sp³-hybridized carbons (Fsp3) is 0.120. The van der Waals surface area contributed by atoms with Gasteiger partial charge in [0, 0.05) is 6.54 Å². The number of nitrogens with one attached hydrogen (secondary N) is 2. The van der Waals surface area contributed by atoms with E-state index in [4.69, 9.17) is 34.8 Å². The van der Waals surface area contributed by atoms with E-state index < -0.39 is 22.3 Å². The van der Waals surface area contributed by atoms with Crippen molar-refractivity contribution < 1.29 is 9.59 Å². The van der Waals surface area contributed by atoms with E-state index in [0.29, 0.717) is 0 Å². The summed E-state index contributed by atoms with van der Waals surface area (Å²) in [5, 5.41) is 5.94. The summed E-state index contributed by atoms with van der Waals surface area (Å²) in [5.74, 6) is -1.14. The standard InChI is InChI=1S/C25H22BCl3N2O2/c1-18(32)22(24(33)30-17-19-11-5-2-6-12-19)23(25(27,28)29)31-26(20-13-7-3-8-14-20)21-15-9-4-10-16-21/h2-16,31H,17H2,1H3,(H,30,33)/b23-22-. The summed E-state index contributed by atoms with van der Waals surface area (Å²) in [6.45, 7) is 1.04. The van der Waals surface area contributed by atoms with Crippen molar-refractivity contribution in [1.82, 2.24) is 10.5 Å². The van der Waals surface area contributed by atoms with E-state index in [2.05, 4.69) is 10.5 Å². The number of halogens is 3. The molecule has 0 spiro atoms. The van der Waals surface area contributed by atoms with Crippen LogP contribution in [-0.4, -0.2) is 22.3 Å². The third kappa shape index (κ3) is 6.88. The molecule has 0 aliphatic rings. The average Bonchev–Trinajstić information content (AvgIpc) is 2.81. The van der Waals surface area contributed by atoms with Crippen LogP contribution in [0.15, 0.2) is 102 Å². The van der Waals surface area contributed by atoms with Crippen molar-refractivity contribution in [2.24, 2.45) is 0 Å². The van der Waals surface area contributed by atoms with Gasteiger partial charge in [0.2, 0.25) is 3.79 Å². The van der Waals surface area contributed by atoms with E-state index in [9.17, 15) is 9.59 Å². The Hall–Kier alpha value is -2.73. The Kier molecular flexibility index (Phi) is 8.62. The summed E-state index contributed by atoms with van der Waals surface area (Å²) in [4.78, 5) is 25.7. The fourth-order valence-corrected chi connectivity index (χ4v) is 3.85. The van der Waals surface area contributed by atoms with Crippen LogP contribution in [-0.2, 0) is 16.1 Å². The molecule has 0 fully saturated rings. The van der Waals surface area contributed by atoms with Crippen molar-refractivity contribution >= 4 is 64.3 Å². The van der Waals surface area contributed by atoms with Crippen LogP contribution in [0.1, 0.15) is 12.5 Å². The zero-order valence-electron chi connectivity index (χ0n) is 17.9. The number of hydrogen-bond donors (Lipinski definition) is 2. The molecule has 0 saturated carbocycles. The fourth-order valence-electron chi connectivity index (χ4n) is 3.41. The van der Waals surface area contributed by atoms with Crippen LogP contribution in [0.3, 0.4) is 0 Å². The van der Waals surface area contributed by atoms with Crippen LogP contribution in [0, 0.1) is 0 Å². The van der Waals surface area contributed by atoms with Gasteiger partial charge in [-0.3, -0.25) is 9.59 Å². The van der Waals surface area contributed by atoms with Crippen LogP contribution >= 0.6 is 34.8 Å². The third-order valence-corrected chi connectivity index (χ3v) is 5.53. The Balaban J connectivity index is 2.03. The Morgan fingerprint density at radius 1 is 0.788 bits per heavy atom. The van der Waals surface area contributed by atoms with Gasteiger partial charge >= 0.3 is 6.85 Å². The summed E-state index contributed by atoms with van der Waals surface area (Å²) >= 11 is 18.9. The smallest absolute Gasteiger partial charge is 0.320 e. The van der Waals surface area contributed by atoms with Gasteiger partial charge in [0.05, 0.1) is 5.70 Å². The van der Waals surface area contributed by atoms with E-state index in [1.54, 1.807) is 0 Å². The second kappa shape index (κ2) is 11.4. The van der Waals surface area contributed by atoms with Gasteiger partial charge in [0.1, 0.15) is 5.57 Å². The maximum absolute atomic E-state index is 13.1. The molecule has 0 aliphatic carbocycles. The summed E-state index contributed by atoms with van der Waals surface area (Å²) in [5.41, 5.74) is 2.32. The molecule has 0 heterocycles. The average molecular weight is 500 g/mol. The lowest BCUT2D eigenvalue weighted by Gasteiger charge is -2.26. The SMILES string of the molecule is CC(=O)/C(C(=O)NCc1ccccc1)=C(/NB(c1ccccc1)c1ccccc1)C(Cl)(Cl)Cl. The predicted molar refractivity (Wildman–Crippen MR) is 137 cm³/mol. The van der Waals surface area contributed by atoms with Crippen molar-refractivity contribution in [3.63, 3.8) is 0 Å². The van der Waals surface area contributed by atoms with Gasteiger partial charge in [0.15, 0.2) is 5.78 Å². The number of allylic oxidation sites excluding steroid dienone is 1. The first-order valence-corrected chi connectivity index (χ1v) is 11.4. The maximum Gasteiger partial charge on any atom is 0.320 e. The molecule has 0 unspecified atom stereocenters. The van der Waals surface area contributed by atoms with Crippen molar-refractivity contribution in [3.05, 3.63) is 108 Å². The van der Waals surface area contributed by atoms with Crippen LogP contribution in [0.25, 0.3) is 0 Å². The van der Waals surface area contributed by atoms with Gasteiger partial charge in [0.25, 0.3) is 5.91 Å². The number of benzene rings is 3. The van der Waals surface area contributed by atoms with E-state index in [-0.39, 0.29) is 17.8 Å². The van der Waals surface area contributed by atoms with Gasteiger partial charge in [-0.15, -0.1) is 0 Å². The molecule has 8 heteroatoms. The molecule has 0 aromatic heterocycles. The second-order valence-corrected chi connectivity index (χ2v) is 9.65. The molecule has 2 N–H and O–H groups in total. The number of Topliss-reactive ketones (excluding diaryl/α,β-unsaturated/α-hetero) is 1. The molecule has 168 valence electrons. The molecule has 3 aromatic rings. The summed E-state index contributed by atoms with van der Waals surface area (Å²) < 4.78 is -2.05. The first-order valence-electron chi connectivity index (χ1n) is 10.3. The van der Waals surface area contributed by atoms with E-state index in [1.165, 1.54) is 6.92 Å². The topological polar surface area (TPSA) is 58.2 Å². The number of alkyl halides is 3. The van der Waals surface area contributed by atoms with Gasteiger partial charge < -0.3 is 10.5 Å². The highest BCUT2D eigenvalue weighted by Crippen LogP contribution is 2.35. The number of hydrogen-bond acceptors (Lipinski definition) is 3. The lowest BCUT2D eigenvalue weighted by Crippen LogP contribution is -2.56. The van der Waals surface area contributed by atoms with Crippen molar-refractivity contribution in [2.75, 3.05) is 0 Å². The molecule has 3 rings (SSSR count). The molecular formula is C25H22BCl3N2O2.